The average Bonchev–Trinajstić information content (AvgIpc) is 2.29. The predicted molar refractivity (Wildman–Crippen MR) is 59.4 cm³/mol. The first kappa shape index (κ1) is 12.3. The second-order valence-corrected chi connectivity index (χ2v) is 3.48. The van der Waals surface area contributed by atoms with Gasteiger partial charge in [-0.3, -0.25) is 0 Å². The smallest absolute Gasteiger partial charge is 0.118 e. The van der Waals surface area contributed by atoms with E-state index >= 15 is 0 Å². The molecule has 4 heteroatoms. The molecule has 1 rings (SSSR count). The molecule has 0 aromatic heterocycles. The monoisotopic (exact) mass is 230 g/mol. The van der Waals surface area contributed by atoms with Crippen LogP contribution in [-0.4, -0.2) is 30.8 Å². The predicted octanol–water partition coefficient (Wildman–Crippen LogP) is 1.81. The standard InChI is InChI=1S/C11H15ClO3/c1-14-11-4-2-9(3-5-11)7-15-8-10(13)6-12/h2-5,10,13H,6-8H2,1H3. The summed E-state index contributed by atoms with van der Waals surface area (Å²) < 4.78 is 10.3. The molecule has 0 heterocycles. The molecule has 0 saturated carbocycles. The molecule has 0 bridgehead atoms. The summed E-state index contributed by atoms with van der Waals surface area (Å²) in [5.41, 5.74) is 1.04. The van der Waals surface area contributed by atoms with Gasteiger partial charge in [-0.25, -0.2) is 0 Å². The third kappa shape index (κ3) is 4.51. The number of methoxy groups -OCH3 is 1. The van der Waals surface area contributed by atoms with Gasteiger partial charge in [-0.05, 0) is 17.7 Å². The van der Waals surface area contributed by atoms with Crippen molar-refractivity contribution in [2.24, 2.45) is 0 Å². The minimum absolute atomic E-state index is 0.197. The quantitative estimate of drug-likeness (QED) is 0.758. The van der Waals surface area contributed by atoms with Gasteiger partial charge in [-0.2, -0.15) is 0 Å². The Balaban J connectivity index is 2.31. The highest BCUT2D eigenvalue weighted by atomic mass is 35.5. The fraction of sp³-hybridized carbons (Fsp3) is 0.455. The maximum atomic E-state index is 9.14. The minimum atomic E-state index is -0.593. The highest BCUT2D eigenvalue weighted by Gasteiger charge is 2.01. The van der Waals surface area contributed by atoms with Gasteiger partial charge in [-0.15, -0.1) is 11.6 Å². The van der Waals surface area contributed by atoms with Crippen LogP contribution in [0, 0.1) is 0 Å². The van der Waals surface area contributed by atoms with E-state index in [4.69, 9.17) is 26.2 Å². The van der Waals surface area contributed by atoms with Crippen LogP contribution in [0.25, 0.3) is 0 Å². The van der Waals surface area contributed by atoms with E-state index in [2.05, 4.69) is 0 Å². The van der Waals surface area contributed by atoms with Crippen LogP contribution in [0.15, 0.2) is 24.3 Å². The molecule has 15 heavy (non-hydrogen) atoms. The lowest BCUT2D eigenvalue weighted by atomic mass is 10.2. The van der Waals surface area contributed by atoms with E-state index in [1.807, 2.05) is 24.3 Å². The topological polar surface area (TPSA) is 38.7 Å². The Labute approximate surface area is 94.6 Å². The van der Waals surface area contributed by atoms with E-state index < -0.39 is 6.10 Å². The first-order valence-corrected chi connectivity index (χ1v) is 5.24. The van der Waals surface area contributed by atoms with Gasteiger partial charge in [0.2, 0.25) is 0 Å². The van der Waals surface area contributed by atoms with Crippen LogP contribution < -0.4 is 4.74 Å². The zero-order valence-corrected chi connectivity index (χ0v) is 9.41. The summed E-state index contributed by atoms with van der Waals surface area (Å²) in [6.07, 6.45) is -0.593. The fourth-order valence-corrected chi connectivity index (χ4v) is 1.17. The molecule has 0 aliphatic carbocycles. The van der Waals surface area contributed by atoms with E-state index in [1.165, 1.54) is 0 Å². The zero-order chi connectivity index (χ0) is 11.1. The van der Waals surface area contributed by atoms with Gasteiger partial charge >= 0.3 is 0 Å². The summed E-state index contributed by atoms with van der Waals surface area (Å²) in [6.45, 7) is 0.730. The Morgan fingerprint density at radius 3 is 2.53 bits per heavy atom. The van der Waals surface area contributed by atoms with Crippen molar-refractivity contribution in [3.8, 4) is 5.75 Å². The molecule has 0 amide bonds. The summed E-state index contributed by atoms with van der Waals surface area (Å²) in [5, 5.41) is 9.14. The van der Waals surface area contributed by atoms with Crippen molar-refractivity contribution in [1.82, 2.24) is 0 Å². The van der Waals surface area contributed by atoms with E-state index in [0.29, 0.717) is 6.61 Å². The van der Waals surface area contributed by atoms with Crippen molar-refractivity contribution < 1.29 is 14.6 Å². The van der Waals surface area contributed by atoms with Crippen LogP contribution in [0.3, 0.4) is 0 Å². The molecule has 0 saturated heterocycles. The summed E-state index contributed by atoms with van der Waals surface area (Å²) in [7, 11) is 1.63. The van der Waals surface area contributed by atoms with Crippen molar-refractivity contribution in [2.45, 2.75) is 12.7 Å². The van der Waals surface area contributed by atoms with E-state index in [-0.39, 0.29) is 12.5 Å². The second kappa shape index (κ2) is 6.67. The normalized spacial score (nSPS) is 12.5. The van der Waals surface area contributed by atoms with Crippen LogP contribution >= 0.6 is 11.6 Å². The van der Waals surface area contributed by atoms with Crippen molar-refractivity contribution in [2.75, 3.05) is 19.6 Å². The maximum Gasteiger partial charge on any atom is 0.118 e. The SMILES string of the molecule is COc1ccc(COCC(O)CCl)cc1. The van der Waals surface area contributed by atoms with E-state index in [0.717, 1.165) is 11.3 Å². The van der Waals surface area contributed by atoms with Gasteiger partial charge in [0.1, 0.15) is 5.75 Å². The molecule has 0 fully saturated rings. The van der Waals surface area contributed by atoms with Crippen LogP contribution in [0.4, 0.5) is 0 Å². The Bertz CT molecular complexity index is 274. The highest BCUT2D eigenvalue weighted by molar-refractivity contribution is 6.18. The lowest BCUT2D eigenvalue weighted by Gasteiger charge is -2.08. The largest absolute Gasteiger partial charge is 0.497 e. The Morgan fingerprint density at radius 1 is 1.33 bits per heavy atom. The molecule has 0 radical (unpaired) electrons. The molecule has 0 aliphatic rings. The number of halogens is 1. The summed E-state index contributed by atoms with van der Waals surface area (Å²) >= 11 is 5.43. The molecule has 84 valence electrons. The van der Waals surface area contributed by atoms with Crippen LogP contribution in [0.5, 0.6) is 5.75 Å². The number of rotatable bonds is 6. The third-order valence-electron chi connectivity index (χ3n) is 1.92. The molecule has 1 N–H and O–H groups in total. The van der Waals surface area contributed by atoms with Crippen molar-refractivity contribution >= 4 is 11.6 Å². The number of hydrogen-bond acceptors (Lipinski definition) is 3. The summed E-state index contributed by atoms with van der Waals surface area (Å²) in [5.74, 6) is 1.02. The van der Waals surface area contributed by atoms with Crippen LogP contribution in [0.2, 0.25) is 0 Å². The van der Waals surface area contributed by atoms with Crippen molar-refractivity contribution in [3.63, 3.8) is 0 Å². The number of benzene rings is 1. The first-order valence-electron chi connectivity index (χ1n) is 4.71. The third-order valence-corrected chi connectivity index (χ3v) is 2.27. The van der Waals surface area contributed by atoms with Crippen molar-refractivity contribution in [1.29, 1.82) is 0 Å². The highest BCUT2D eigenvalue weighted by Crippen LogP contribution is 2.11. The van der Waals surface area contributed by atoms with Gasteiger partial charge in [0.25, 0.3) is 0 Å². The fourth-order valence-electron chi connectivity index (χ4n) is 1.08. The number of ether oxygens (including phenoxy) is 2. The molecule has 1 aromatic rings. The van der Waals surface area contributed by atoms with Gasteiger partial charge in [-0.1, -0.05) is 12.1 Å². The molecule has 3 nitrogen and oxygen atoms in total. The van der Waals surface area contributed by atoms with Gasteiger partial charge in [0.05, 0.1) is 32.3 Å². The molecular weight excluding hydrogens is 216 g/mol. The molecule has 1 aromatic carbocycles. The van der Waals surface area contributed by atoms with Gasteiger partial charge in [0, 0.05) is 0 Å². The van der Waals surface area contributed by atoms with E-state index in [9.17, 15) is 0 Å². The lowest BCUT2D eigenvalue weighted by molar-refractivity contribution is 0.0392. The Morgan fingerprint density at radius 2 is 2.00 bits per heavy atom. The Kier molecular flexibility index (Phi) is 5.47. The molecule has 0 spiro atoms. The van der Waals surface area contributed by atoms with Crippen LogP contribution in [-0.2, 0) is 11.3 Å². The molecule has 0 aliphatic heterocycles. The average molecular weight is 231 g/mol. The van der Waals surface area contributed by atoms with Crippen LogP contribution in [0.1, 0.15) is 5.56 Å². The summed E-state index contributed by atoms with van der Waals surface area (Å²) in [4.78, 5) is 0. The van der Waals surface area contributed by atoms with E-state index in [1.54, 1.807) is 7.11 Å². The van der Waals surface area contributed by atoms with Gasteiger partial charge < -0.3 is 14.6 Å². The first-order chi connectivity index (χ1) is 7.26. The maximum absolute atomic E-state index is 9.14. The van der Waals surface area contributed by atoms with Gasteiger partial charge in [0.15, 0.2) is 0 Å². The van der Waals surface area contributed by atoms with Crippen molar-refractivity contribution in [3.05, 3.63) is 29.8 Å². The lowest BCUT2D eigenvalue weighted by Crippen LogP contribution is -2.16. The minimum Gasteiger partial charge on any atom is -0.497 e. The number of alkyl halides is 1. The number of hydrogen-bond donors (Lipinski definition) is 1. The number of aliphatic hydroxyl groups is 1. The second-order valence-electron chi connectivity index (χ2n) is 3.17. The molecule has 1 atom stereocenters. The molecular formula is C11H15ClO3. The zero-order valence-electron chi connectivity index (χ0n) is 8.65. The molecule has 1 unspecified atom stereocenters. The number of aliphatic hydroxyl groups excluding tert-OH is 1. The Hall–Kier alpha value is -0.770. The summed E-state index contributed by atoms with van der Waals surface area (Å²) in [6, 6.07) is 7.59.